The minimum atomic E-state index is 0. The predicted octanol–water partition coefficient (Wildman–Crippen LogP) is 2.73. The highest BCUT2D eigenvalue weighted by atomic mass is 127. The summed E-state index contributed by atoms with van der Waals surface area (Å²) in [6, 6.07) is 0. The molecule has 6 nitrogen and oxygen atoms in total. The van der Waals surface area contributed by atoms with Gasteiger partial charge in [-0.15, -0.1) is 35.3 Å². The lowest BCUT2D eigenvalue weighted by atomic mass is 9.93. The molecule has 2 heterocycles. The van der Waals surface area contributed by atoms with E-state index >= 15 is 0 Å². The Balaban J connectivity index is 0.00000338. The Bertz CT molecular complexity index is 603. The first kappa shape index (κ1) is 23.1. The summed E-state index contributed by atoms with van der Waals surface area (Å²) in [5.74, 6) is 1.10. The number of nitrogens with one attached hydrogen (secondary N) is 1. The molecule has 0 bridgehead atoms. The third-order valence-electron chi connectivity index (χ3n) is 4.27. The van der Waals surface area contributed by atoms with E-state index in [1.54, 1.807) is 18.3 Å². The lowest BCUT2D eigenvalue weighted by Gasteiger charge is -2.36. The summed E-state index contributed by atoms with van der Waals surface area (Å²) in [4.78, 5) is 25.1. The van der Waals surface area contributed by atoms with Crippen LogP contribution in [0, 0.1) is 0 Å². The van der Waals surface area contributed by atoms with Gasteiger partial charge in [-0.2, -0.15) is 0 Å². The standard InChI is InChI=1S/C18H31N5OS.HI/c1-6-19-17(23-11-9-22(10-12-23)14(2)24)20-8-7-16-21-15(13-25-16)18(3,4)5;/h13H,6-12H2,1-5H3,(H,19,20);1H. The van der Waals surface area contributed by atoms with Crippen molar-refractivity contribution in [3.8, 4) is 0 Å². The van der Waals surface area contributed by atoms with Gasteiger partial charge < -0.3 is 15.1 Å². The summed E-state index contributed by atoms with van der Waals surface area (Å²) in [5, 5.41) is 6.67. The van der Waals surface area contributed by atoms with Crippen LogP contribution in [0.15, 0.2) is 10.4 Å². The average Bonchev–Trinajstić information content (AvgIpc) is 3.03. The fourth-order valence-electron chi connectivity index (χ4n) is 2.69. The number of thiazole rings is 1. The maximum Gasteiger partial charge on any atom is 0.219 e. The number of amides is 1. The molecule has 26 heavy (non-hydrogen) atoms. The number of carbonyl (C=O) groups is 1. The van der Waals surface area contributed by atoms with Gasteiger partial charge in [-0.3, -0.25) is 9.79 Å². The van der Waals surface area contributed by atoms with Gasteiger partial charge in [0.15, 0.2) is 5.96 Å². The highest BCUT2D eigenvalue weighted by Crippen LogP contribution is 2.24. The summed E-state index contributed by atoms with van der Waals surface area (Å²) in [6.07, 6.45) is 0.864. The van der Waals surface area contributed by atoms with E-state index in [1.165, 1.54) is 0 Å². The second-order valence-corrected chi connectivity index (χ2v) is 8.30. The molecule has 1 aliphatic rings. The molecule has 0 atom stereocenters. The van der Waals surface area contributed by atoms with E-state index in [2.05, 4.69) is 43.3 Å². The van der Waals surface area contributed by atoms with Crippen LogP contribution in [-0.4, -0.2) is 65.9 Å². The number of guanidine groups is 1. The van der Waals surface area contributed by atoms with Gasteiger partial charge in [0.2, 0.25) is 5.91 Å². The predicted molar refractivity (Wildman–Crippen MR) is 120 cm³/mol. The molecule has 1 amide bonds. The van der Waals surface area contributed by atoms with Crippen LogP contribution in [0.4, 0.5) is 0 Å². The fraction of sp³-hybridized carbons (Fsp3) is 0.722. The van der Waals surface area contributed by atoms with Crippen molar-refractivity contribution in [3.05, 3.63) is 16.1 Å². The molecular formula is C18H32IN5OS. The highest BCUT2D eigenvalue weighted by Gasteiger charge is 2.21. The maximum atomic E-state index is 11.5. The van der Waals surface area contributed by atoms with Crippen molar-refractivity contribution < 1.29 is 4.79 Å². The third-order valence-corrected chi connectivity index (χ3v) is 5.18. The fourth-order valence-corrected chi connectivity index (χ4v) is 3.70. The molecule has 2 rings (SSSR count). The Labute approximate surface area is 178 Å². The SMILES string of the molecule is CCNC(=NCCc1nc(C(C)(C)C)cs1)N1CCN(C(C)=O)CC1.I. The van der Waals surface area contributed by atoms with Crippen LogP contribution < -0.4 is 5.32 Å². The van der Waals surface area contributed by atoms with E-state index in [1.807, 2.05) is 4.90 Å². The number of nitrogens with zero attached hydrogens (tertiary/aromatic N) is 4. The van der Waals surface area contributed by atoms with Crippen LogP contribution in [-0.2, 0) is 16.6 Å². The van der Waals surface area contributed by atoms with E-state index in [0.717, 1.165) is 62.4 Å². The zero-order valence-electron chi connectivity index (χ0n) is 16.5. The summed E-state index contributed by atoms with van der Waals surface area (Å²) < 4.78 is 0. The van der Waals surface area contributed by atoms with Gasteiger partial charge in [-0.1, -0.05) is 20.8 Å². The van der Waals surface area contributed by atoms with Gasteiger partial charge in [0.25, 0.3) is 0 Å². The van der Waals surface area contributed by atoms with Crippen molar-refractivity contribution in [1.82, 2.24) is 20.1 Å². The van der Waals surface area contributed by atoms with Gasteiger partial charge >= 0.3 is 0 Å². The number of aliphatic imine (C=N–C) groups is 1. The molecule has 0 unspecified atom stereocenters. The van der Waals surface area contributed by atoms with Crippen LogP contribution in [0.1, 0.15) is 45.3 Å². The topological polar surface area (TPSA) is 60.8 Å². The van der Waals surface area contributed by atoms with Crippen LogP contribution in [0.25, 0.3) is 0 Å². The Morgan fingerprint density at radius 1 is 1.27 bits per heavy atom. The molecule has 1 aliphatic heterocycles. The molecule has 0 spiro atoms. The number of aromatic nitrogens is 1. The van der Waals surface area contributed by atoms with E-state index in [0.29, 0.717) is 0 Å². The quantitative estimate of drug-likeness (QED) is 0.398. The Morgan fingerprint density at radius 2 is 1.88 bits per heavy atom. The number of piperazine rings is 1. The van der Waals surface area contributed by atoms with E-state index in [-0.39, 0.29) is 35.3 Å². The molecule has 1 aromatic rings. The second-order valence-electron chi connectivity index (χ2n) is 7.36. The second kappa shape index (κ2) is 10.4. The highest BCUT2D eigenvalue weighted by molar-refractivity contribution is 14.0. The van der Waals surface area contributed by atoms with Crippen molar-refractivity contribution in [2.75, 3.05) is 39.3 Å². The van der Waals surface area contributed by atoms with Crippen LogP contribution in [0.2, 0.25) is 0 Å². The van der Waals surface area contributed by atoms with E-state index < -0.39 is 0 Å². The smallest absolute Gasteiger partial charge is 0.219 e. The zero-order valence-corrected chi connectivity index (χ0v) is 19.7. The van der Waals surface area contributed by atoms with Crippen LogP contribution in [0.3, 0.4) is 0 Å². The van der Waals surface area contributed by atoms with Crippen molar-refractivity contribution in [3.63, 3.8) is 0 Å². The molecule has 0 radical (unpaired) electrons. The maximum absolute atomic E-state index is 11.5. The van der Waals surface area contributed by atoms with Gasteiger partial charge in [0.05, 0.1) is 10.7 Å². The molecule has 1 N–H and O–H groups in total. The number of halogens is 1. The Hall–Kier alpha value is -0.900. The molecule has 0 saturated carbocycles. The van der Waals surface area contributed by atoms with Crippen molar-refractivity contribution in [2.45, 2.75) is 46.5 Å². The van der Waals surface area contributed by atoms with Crippen LogP contribution in [0.5, 0.6) is 0 Å². The van der Waals surface area contributed by atoms with Gasteiger partial charge in [0, 0.05) is 63.4 Å². The van der Waals surface area contributed by atoms with Gasteiger partial charge in [0.1, 0.15) is 0 Å². The molecule has 8 heteroatoms. The lowest BCUT2D eigenvalue weighted by molar-refractivity contribution is -0.130. The van der Waals surface area contributed by atoms with E-state index in [9.17, 15) is 4.79 Å². The van der Waals surface area contributed by atoms with Crippen molar-refractivity contribution in [1.29, 1.82) is 0 Å². The number of carbonyl (C=O) groups excluding carboxylic acids is 1. The van der Waals surface area contributed by atoms with Crippen molar-refractivity contribution >= 4 is 47.2 Å². The summed E-state index contributed by atoms with van der Waals surface area (Å²) in [6.45, 7) is 15.0. The first-order valence-corrected chi connectivity index (χ1v) is 9.93. The van der Waals surface area contributed by atoms with E-state index in [4.69, 9.17) is 9.98 Å². The Kier molecular flexibility index (Phi) is 9.29. The number of hydrogen-bond donors (Lipinski definition) is 1. The molecule has 1 fully saturated rings. The number of rotatable bonds is 4. The van der Waals surface area contributed by atoms with Gasteiger partial charge in [-0.25, -0.2) is 4.98 Å². The molecule has 0 aromatic carbocycles. The normalized spacial score (nSPS) is 15.7. The minimum absolute atomic E-state index is 0. The largest absolute Gasteiger partial charge is 0.357 e. The molecular weight excluding hydrogens is 461 g/mol. The monoisotopic (exact) mass is 493 g/mol. The molecule has 1 aromatic heterocycles. The van der Waals surface area contributed by atoms with Crippen LogP contribution >= 0.6 is 35.3 Å². The Morgan fingerprint density at radius 3 is 2.38 bits per heavy atom. The third kappa shape index (κ3) is 6.68. The average molecular weight is 493 g/mol. The zero-order chi connectivity index (χ0) is 18.4. The molecule has 1 saturated heterocycles. The molecule has 0 aliphatic carbocycles. The molecule has 148 valence electrons. The summed E-state index contributed by atoms with van der Waals surface area (Å²) in [7, 11) is 0. The minimum Gasteiger partial charge on any atom is -0.357 e. The summed E-state index contributed by atoms with van der Waals surface area (Å²) >= 11 is 1.72. The lowest BCUT2D eigenvalue weighted by Crippen LogP contribution is -2.53. The number of hydrogen-bond acceptors (Lipinski definition) is 4. The summed E-state index contributed by atoms with van der Waals surface area (Å²) in [5.41, 5.74) is 1.26. The van der Waals surface area contributed by atoms with Gasteiger partial charge in [-0.05, 0) is 6.92 Å². The first-order chi connectivity index (χ1) is 11.8. The van der Waals surface area contributed by atoms with Crippen molar-refractivity contribution in [2.24, 2.45) is 4.99 Å². The first-order valence-electron chi connectivity index (χ1n) is 9.05.